The van der Waals surface area contributed by atoms with Crippen molar-refractivity contribution in [3.63, 3.8) is 0 Å². The Labute approximate surface area is 89.3 Å². The molecule has 1 aromatic rings. The number of rotatable bonds is 5. The summed E-state index contributed by atoms with van der Waals surface area (Å²) >= 11 is 0. The molecule has 1 unspecified atom stereocenters. The largest absolute Gasteiger partial charge is 0.481 e. The van der Waals surface area contributed by atoms with Crippen molar-refractivity contribution in [1.29, 1.82) is 0 Å². The van der Waals surface area contributed by atoms with E-state index in [9.17, 15) is 4.79 Å². The molecule has 0 aliphatic carbocycles. The van der Waals surface area contributed by atoms with Crippen LogP contribution in [-0.2, 0) is 4.79 Å². The molecule has 4 nitrogen and oxygen atoms in total. The molecule has 0 saturated heterocycles. The summed E-state index contributed by atoms with van der Waals surface area (Å²) in [7, 11) is 0. The highest BCUT2D eigenvalue weighted by atomic mass is 16.4. The molecule has 0 amide bonds. The van der Waals surface area contributed by atoms with E-state index in [2.05, 4.69) is 10.3 Å². The molecule has 0 spiro atoms. The van der Waals surface area contributed by atoms with Crippen LogP contribution in [0, 0.1) is 0 Å². The number of nitrogens with one attached hydrogen (secondary N) is 1. The first kappa shape index (κ1) is 11.7. The van der Waals surface area contributed by atoms with Crippen LogP contribution in [0.15, 0.2) is 24.5 Å². The Kier molecular flexibility index (Phi) is 4.24. The van der Waals surface area contributed by atoms with E-state index < -0.39 is 5.97 Å². The summed E-state index contributed by atoms with van der Waals surface area (Å²) < 4.78 is 0. The molecule has 1 heterocycles. The predicted molar refractivity (Wildman–Crippen MR) is 57.5 cm³/mol. The first-order chi connectivity index (χ1) is 7.09. The molecule has 2 atom stereocenters. The van der Waals surface area contributed by atoms with Gasteiger partial charge in [0.05, 0.1) is 6.42 Å². The third-order valence-electron chi connectivity index (χ3n) is 2.22. The van der Waals surface area contributed by atoms with Gasteiger partial charge < -0.3 is 10.4 Å². The molecular formula is C11H16N2O2. The first-order valence-corrected chi connectivity index (χ1v) is 4.97. The lowest BCUT2D eigenvalue weighted by Crippen LogP contribution is -2.30. The fourth-order valence-electron chi connectivity index (χ4n) is 1.50. The van der Waals surface area contributed by atoms with E-state index in [1.807, 2.05) is 26.0 Å². The van der Waals surface area contributed by atoms with E-state index >= 15 is 0 Å². The standard InChI is InChI=1S/C11H16N2O2/c1-8(7-11(14)15)13-9(2)10-3-5-12-6-4-10/h3-6,8-9,13H,7H2,1-2H3,(H,14,15)/t8?,9-/m0/s1. The Balaban J connectivity index is 2.49. The van der Waals surface area contributed by atoms with E-state index in [1.165, 1.54) is 0 Å². The van der Waals surface area contributed by atoms with Crippen LogP contribution >= 0.6 is 0 Å². The van der Waals surface area contributed by atoms with E-state index in [0.29, 0.717) is 0 Å². The Morgan fingerprint density at radius 1 is 1.47 bits per heavy atom. The minimum Gasteiger partial charge on any atom is -0.481 e. The topological polar surface area (TPSA) is 62.2 Å². The third kappa shape index (κ3) is 4.08. The van der Waals surface area contributed by atoms with Crippen LogP contribution in [0.2, 0.25) is 0 Å². The van der Waals surface area contributed by atoms with Crippen molar-refractivity contribution < 1.29 is 9.90 Å². The summed E-state index contributed by atoms with van der Waals surface area (Å²) in [5, 5.41) is 11.8. The minimum absolute atomic E-state index is 0.0364. The molecule has 2 N–H and O–H groups in total. The number of pyridine rings is 1. The quantitative estimate of drug-likeness (QED) is 0.771. The summed E-state index contributed by atoms with van der Waals surface area (Å²) in [5.74, 6) is -0.781. The van der Waals surface area contributed by atoms with E-state index in [1.54, 1.807) is 12.4 Å². The number of carbonyl (C=O) groups is 1. The lowest BCUT2D eigenvalue weighted by Gasteiger charge is -2.18. The molecule has 0 fully saturated rings. The summed E-state index contributed by atoms with van der Waals surface area (Å²) in [6, 6.07) is 3.95. The maximum absolute atomic E-state index is 10.5. The summed E-state index contributed by atoms with van der Waals surface area (Å²) in [5.41, 5.74) is 1.11. The summed E-state index contributed by atoms with van der Waals surface area (Å²) in [4.78, 5) is 14.4. The smallest absolute Gasteiger partial charge is 0.304 e. The second kappa shape index (κ2) is 5.46. The van der Waals surface area contributed by atoms with Gasteiger partial charge in [-0.3, -0.25) is 9.78 Å². The van der Waals surface area contributed by atoms with Crippen LogP contribution in [0.5, 0.6) is 0 Å². The second-order valence-corrected chi connectivity index (χ2v) is 3.67. The van der Waals surface area contributed by atoms with E-state index in [0.717, 1.165) is 5.56 Å². The average molecular weight is 208 g/mol. The molecule has 1 rings (SSSR count). The summed E-state index contributed by atoms with van der Waals surface area (Å²) in [6.07, 6.45) is 3.60. The third-order valence-corrected chi connectivity index (χ3v) is 2.22. The molecule has 82 valence electrons. The van der Waals surface area contributed by atoms with Gasteiger partial charge in [-0.15, -0.1) is 0 Å². The van der Waals surface area contributed by atoms with Crippen molar-refractivity contribution in [1.82, 2.24) is 10.3 Å². The molecule has 0 saturated carbocycles. The zero-order valence-corrected chi connectivity index (χ0v) is 8.97. The zero-order valence-electron chi connectivity index (χ0n) is 8.97. The molecule has 0 aliphatic heterocycles. The fraction of sp³-hybridized carbons (Fsp3) is 0.455. The van der Waals surface area contributed by atoms with Gasteiger partial charge in [0.15, 0.2) is 0 Å². The highest BCUT2D eigenvalue weighted by Crippen LogP contribution is 2.11. The van der Waals surface area contributed by atoms with E-state index in [-0.39, 0.29) is 18.5 Å². The van der Waals surface area contributed by atoms with Crippen molar-refractivity contribution in [2.45, 2.75) is 32.4 Å². The number of carboxylic acids is 1. The number of carboxylic acid groups (broad SMARTS) is 1. The van der Waals surface area contributed by atoms with Crippen LogP contribution in [0.4, 0.5) is 0 Å². The number of hydrogen-bond acceptors (Lipinski definition) is 3. The van der Waals surface area contributed by atoms with Gasteiger partial charge in [-0.05, 0) is 31.5 Å². The number of aromatic nitrogens is 1. The van der Waals surface area contributed by atoms with Gasteiger partial charge in [-0.1, -0.05) is 0 Å². The van der Waals surface area contributed by atoms with E-state index in [4.69, 9.17) is 5.11 Å². The summed E-state index contributed by atoms with van der Waals surface area (Å²) in [6.45, 7) is 3.87. The zero-order chi connectivity index (χ0) is 11.3. The number of hydrogen-bond donors (Lipinski definition) is 2. The number of nitrogens with zero attached hydrogens (tertiary/aromatic N) is 1. The Morgan fingerprint density at radius 2 is 2.07 bits per heavy atom. The van der Waals surface area contributed by atoms with Crippen LogP contribution in [0.1, 0.15) is 31.9 Å². The van der Waals surface area contributed by atoms with Crippen molar-refractivity contribution in [2.24, 2.45) is 0 Å². The maximum atomic E-state index is 10.5. The SMILES string of the molecule is CC(CC(=O)O)N[C@@H](C)c1ccncc1. The van der Waals surface area contributed by atoms with Crippen LogP contribution in [0.3, 0.4) is 0 Å². The van der Waals surface area contributed by atoms with Gasteiger partial charge in [0.2, 0.25) is 0 Å². The normalized spacial score (nSPS) is 14.5. The minimum atomic E-state index is -0.781. The van der Waals surface area contributed by atoms with Crippen LogP contribution in [0.25, 0.3) is 0 Å². The fourth-order valence-corrected chi connectivity index (χ4v) is 1.50. The van der Waals surface area contributed by atoms with Crippen molar-refractivity contribution in [3.8, 4) is 0 Å². The second-order valence-electron chi connectivity index (χ2n) is 3.67. The van der Waals surface area contributed by atoms with Gasteiger partial charge in [-0.25, -0.2) is 0 Å². The molecular weight excluding hydrogens is 192 g/mol. The molecule has 1 aromatic heterocycles. The number of aliphatic carboxylic acids is 1. The van der Waals surface area contributed by atoms with Crippen LogP contribution in [-0.4, -0.2) is 22.1 Å². The van der Waals surface area contributed by atoms with Crippen molar-refractivity contribution in [3.05, 3.63) is 30.1 Å². The van der Waals surface area contributed by atoms with Gasteiger partial charge in [0.1, 0.15) is 0 Å². The molecule has 0 aliphatic rings. The van der Waals surface area contributed by atoms with Crippen LogP contribution < -0.4 is 5.32 Å². The van der Waals surface area contributed by atoms with Crippen molar-refractivity contribution >= 4 is 5.97 Å². The Bertz CT molecular complexity index is 314. The maximum Gasteiger partial charge on any atom is 0.304 e. The van der Waals surface area contributed by atoms with Gasteiger partial charge >= 0.3 is 5.97 Å². The monoisotopic (exact) mass is 208 g/mol. The van der Waals surface area contributed by atoms with Crippen molar-refractivity contribution in [2.75, 3.05) is 0 Å². The van der Waals surface area contributed by atoms with Gasteiger partial charge in [0.25, 0.3) is 0 Å². The molecule has 0 aromatic carbocycles. The molecule has 4 heteroatoms. The first-order valence-electron chi connectivity index (χ1n) is 4.97. The molecule has 0 radical (unpaired) electrons. The van der Waals surface area contributed by atoms with Gasteiger partial charge in [-0.2, -0.15) is 0 Å². The molecule has 0 bridgehead atoms. The Morgan fingerprint density at radius 3 is 2.60 bits per heavy atom. The lowest BCUT2D eigenvalue weighted by molar-refractivity contribution is -0.137. The highest BCUT2D eigenvalue weighted by Gasteiger charge is 2.11. The Hall–Kier alpha value is -1.42. The lowest BCUT2D eigenvalue weighted by atomic mass is 10.1. The predicted octanol–water partition coefficient (Wildman–Crippen LogP) is 1.60. The highest BCUT2D eigenvalue weighted by molar-refractivity contribution is 5.67. The average Bonchev–Trinajstić information content (AvgIpc) is 2.17. The van der Waals surface area contributed by atoms with Gasteiger partial charge in [0, 0.05) is 24.5 Å². The molecule has 15 heavy (non-hydrogen) atoms.